The Morgan fingerprint density at radius 3 is 2.28 bits per heavy atom. The van der Waals surface area contributed by atoms with Crippen LogP contribution in [0.4, 0.5) is 0 Å². The molecule has 2 amide bonds. The molecule has 0 bridgehead atoms. The second kappa shape index (κ2) is 10.3. The number of methoxy groups -OCH3 is 2. The Bertz CT molecular complexity index is 875. The zero-order valence-electron chi connectivity index (χ0n) is 17.5. The number of carbonyl (C=O) groups excluding carboxylic acids is 2. The number of aryl methyl sites for hydroxylation is 1. The van der Waals surface area contributed by atoms with Gasteiger partial charge in [0.25, 0.3) is 0 Å². The SMILES string of the molecule is COc1ccc(/C=C/C(=O)NC(C)C(=O)NC(C)c2cc(C)ccc2OC)cc1. The van der Waals surface area contributed by atoms with Gasteiger partial charge in [0, 0.05) is 11.6 Å². The lowest BCUT2D eigenvalue weighted by molar-refractivity contribution is -0.127. The normalized spacial score (nSPS) is 12.9. The van der Waals surface area contributed by atoms with Crippen LogP contribution in [0.1, 0.15) is 36.6 Å². The largest absolute Gasteiger partial charge is 0.497 e. The topological polar surface area (TPSA) is 76.7 Å². The lowest BCUT2D eigenvalue weighted by Gasteiger charge is -2.20. The Morgan fingerprint density at radius 2 is 1.66 bits per heavy atom. The number of carbonyl (C=O) groups is 2. The van der Waals surface area contributed by atoms with Gasteiger partial charge in [0.15, 0.2) is 0 Å². The van der Waals surface area contributed by atoms with Crippen LogP contribution in [0, 0.1) is 6.92 Å². The first-order valence-corrected chi connectivity index (χ1v) is 9.41. The van der Waals surface area contributed by atoms with E-state index < -0.39 is 6.04 Å². The smallest absolute Gasteiger partial charge is 0.244 e. The van der Waals surface area contributed by atoms with Crippen molar-refractivity contribution in [1.29, 1.82) is 0 Å². The Labute approximate surface area is 171 Å². The van der Waals surface area contributed by atoms with Crippen LogP contribution < -0.4 is 20.1 Å². The first kappa shape index (κ1) is 22.0. The van der Waals surface area contributed by atoms with Gasteiger partial charge in [-0.05, 0) is 50.6 Å². The number of rotatable bonds is 8. The summed E-state index contributed by atoms with van der Waals surface area (Å²) >= 11 is 0. The van der Waals surface area contributed by atoms with E-state index in [-0.39, 0.29) is 17.9 Å². The van der Waals surface area contributed by atoms with Crippen LogP contribution in [-0.2, 0) is 9.59 Å². The molecule has 0 fully saturated rings. The highest BCUT2D eigenvalue weighted by atomic mass is 16.5. The molecule has 0 aliphatic carbocycles. The Hall–Kier alpha value is -3.28. The number of hydrogen-bond acceptors (Lipinski definition) is 4. The summed E-state index contributed by atoms with van der Waals surface area (Å²) in [5.41, 5.74) is 2.82. The Kier molecular flexibility index (Phi) is 7.83. The van der Waals surface area contributed by atoms with Crippen molar-refractivity contribution >= 4 is 17.9 Å². The first-order valence-electron chi connectivity index (χ1n) is 9.41. The molecule has 0 saturated heterocycles. The van der Waals surface area contributed by atoms with Crippen molar-refractivity contribution in [1.82, 2.24) is 10.6 Å². The van der Waals surface area contributed by atoms with Gasteiger partial charge in [-0.3, -0.25) is 9.59 Å². The third-order valence-corrected chi connectivity index (χ3v) is 4.51. The highest BCUT2D eigenvalue weighted by Crippen LogP contribution is 2.26. The van der Waals surface area contributed by atoms with Gasteiger partial charge in [0.1, 0.15) is 17.5 Å². The van der Waals surface area contributed by atoms with Crippen molar-refractivity contribution in [2.45, 2.75) is 32.9 Å². The summed E-state index contributed by atoms with van der Waals surface area (Å²) in [7, 11) is 3.20. The van der Waals surface area contributed by atoms with Gasteiger partial charge in [-0.1, -0.05) is 29.8 Å². The zero-order chi connectivity index (χ0) is 21.4. The first-order chi connectivity index (χ1) is 13.8. The van der Waals surface area contributed by atoms with Crippen LogP contribution in [0.25, 0.3) is 6.08 Å². The van der Waals surface area contributed by atoms with Crippen molar-refractivity contribution in [3.8, 4) is 11.5 Å². The van der Waals surface area contributed by atoms with Crippen molar-refractivity contribution in [2.24, 2.45) is 0 Å². The van der Waals surface area contributed by atoms with Crippen molar-refractivity contribution in [2.75, 3.05) is 14.2 Å². The van der Waals surface area contributed by atoms with E-state index >= 15 is 0 Å². The van der Waals surface area contributed by atoms with E-state index in [2.05, 4.69) is 10.6 Å². The number of benzene rings is 2. The average Bonchev–Trinajstić information content (AvgIpc) is 2.72. The minimum Gasteiger partial charge on any atom is -0.497 e. The third-order valence-electron chi connectivity index (χ3n) is 4.51. The van der Waals surface area contributed by atoms with E-state index in [0.29, 0.717) is 5.75 Å². The molecular formula is C23H28N2O4. The van der Waals surface area contributed by atoms with Crippen molar-refractivity contribution in [3.63, 3.8) is 0 Å². The summed E-state index contributed by atoms with van der Waals surface area (Å²) in [5, 5.41) is 5.59. The predicted molar refractivity (Wildman–Crippen MR) is 114 cm³/mol. The zero-order valence-corrected chi connectivity index (χ0v) is 17.5. The molecule has 6 nitrogen and oxygen atoms in total. The van der Waals surface area contributed by atoms with Gasteiger partial charge in [-0.15, -0.1) is 0 Å². The molecular weight excluding hydrogens is 368 g/mol. The van der Waals surface area contributed by atoms with E-state index in [1.807, 2.05) is 56.3 Å². The number of amides is 2. The molecule has 0 spiro atoms. The summed E-state index contributed by atoms with van der Waals surface area (Å²) in [5.74, 6) is 0.843. The number of ether oxygens (including phenoxy) is 2. The van der Waals surface area contributed by atoms with Crippen LogP contribution in [0.15, 0.2) is 48.5 Å². The van der Waals surface area contributed by atoms with Crippen molar-refractivity contribution in [3.05, 3.63) is 65.2 Å². The van der Waals surface area contributed by atoms with Gasteiger partial charge in [0.2, 0.25) is 11.8 Å². The molecule has 0 aliphatic heterocycles. The van der Waals surface area contributed by atoms with E-state index in [1.165, 1.54) is 6.08 Å². The van der Waals surface area contributed by atoms with Gasteiger partial charge < -0.3 is 20.1 Å². The minimum atomic E-state index is -0.679. The highest BCUT2D eigenvalue weighted by Gasteiger charge is 2.19. The molecule has 2 unspecified atom stereocenters. The maximum absolute atomic E-state index is 12.5. The maximum atomic E-state index is 12.5. The van der Waals surface area contributed by atoms with E-state index in [9.17, 15) is 9.59 Å². The van der Waals surface area contributed by atoms with Crippen molar-refractivity contribution < 1.29 is 19.1 Å². The van der Waals surface area contributed by atoms with E-state index in [4.69, 9.17) is 9.47 Å². The van der Waals surface area contributed by atoms with Crippen LogP contribution in [0.2, 0.25) is 0 Å². The molecule has 0 saturated carbocycles. The fourth-order valence-corrected chi connectivity index (χ4v) is 2.82. The Morgan fingerprint density at radius 1 is 0.966 bits per heavy atom. The monoisotopic (exact) mass is 396 g/mol. The van der Waals surface area contributed by atoms with Gasteiger partial charge in [-0.2, -0.15) is 0 Å². The maximum Gasteiger partial charge on any atom is 0.244 e. The van der Waals surface area contributed by atoms with Crippen LogP contribution in [0.3, 0.4) is 0 Å². The van der Waals surface area contributed by atoms with E-state index in [1.54, 1.807) is 27.2 Å². The molecule has 29 heavy (non-hydrogen) atoms. The van der Waals surface area contributed by atoms with Crippen LogP contribution in [0.5, 0.6) is 11.5 Å². The molecule has 0 radical (unpaired) electrons. The van der Waals surface area contributed by atoms with E-state index in [0.717, 1.165) is 22.4 Å². The summed E-state index contributed by atoms with van der Waals surface area (Å²) in [6.07, 6.45) is 3.08. The molecule has 0 heterocycles. The Balaban J connectivity index is 1.93. The molecule has 154 valence electrons. The molecule has 2 atom stereocenters. The number of nitrogens with one attached hydrogen (secondary N) is 2. The lowest BCUT2D eigenvalue weighted by atomic mass is 10.0. The molecule has 2 N–H and O–H groups in total. The molecule has 0 aliphatic rings. The summed E-state index contributed by atoms with van der Waals surface area (Å²) in [4.78, 5) is 24.6. The van der Waals surface area contributed by atoms with Crippen LogP contribution in [-0.4, -0.2) is 32.1 Å². The molecule has 6 heteroatoms. The highest BCUT2D eigenvalue weighted by molar-refractivity contribution is 5.95. The summed E-state index contributed by atoms with van der Waals surface area (Å²) in [6, 6.07) is 12.2. The van der Waals surface area contributed by atoms with Gasteiger partial charge >= 0.3 is 0 Å². The molecule has 2 rings (SSSR count). The van der Waals surface area contributed by atoms with Gasteiger partial charge in [-0.25, -0.2) is 0 Å². The second-order valence-corrected chi connectivity index (χ2v) is 6.81. The molecule has 2 aromatic rings. The lowest BCUT2D eigenvalue weighted by Crippen LogP contribution is -2.45. The molecule has 2 aromatic carbocycles. The fraction of sp³-hybridized carbons (Fsp3) is 0.304. The van der Waals surface area contributed by atoms with Gasteiger partial charge in [0.05, 0.1) is 20.3 Å². The summed E-state index contributed by atoms with van der Waals surface area (Å²) < 4.78 is 10.5. The van der Waals surface area contributed by atoms with Crippen LogP contribution >= 0.6 is 0 Å². The standard InChI is InChI=1S/C23H28N2O4/c1-15-6-12-21(29-5)20(14-15)16(2)25-23(27)17(3)24-22(26)13-9-18-7-10-19(28-4)11-8-18/h6-14,16-17H,1-5H3,(H,24,26)(H,25,27)/b13-9+. The minimum absolute atomic E-state index is 0.258. The third kappa shape index (κ3) is 6.38. The number of hydrogen-bond donors (Lipinski definition) is 2. The summed E-state index contributed by atoms with van der Waals surface area (Å²) in [6.45, 7) is 5.51. The predicted octanol–water partition coefficient (Wildman–Crippen LogP) is 3.41. The molecule has 0 aromatic heterocycles. The fourth-order valence-electron chi connectivity index (χ4n) is 2.82. The average molecular weight is 396 g/mol. The second-order valence-electron chi connectivity index (χ2n) is 6.81. The quantitative estimate of drug-likeness (QED) is 0.671.